The predicted octanol–water partition coefficient (Wildman–Crippen LogP) is -7.49. The van der Waals surface area contributed by atoms with Crippen molar-refractivity contribution in [3.05, 3.63) is 0 Å². The lowest BCUT2D eigenvalue weighted by atomic mass is 9.98. The largest absolute Gasteiger partial charge is 0.481 e. The summed E-state index contributed by atoms with van der Waals surface area (Å²) in [4.78, 5) is 279. The Kier molecular flexibility index (Phi) is 55.8. The second-order valence-corrected chi connectivity index (χ2v) is 34.2. The van der Waals surface area contributed by atoms with Gasteiger partial charge in [-0.2, -0.15) is 0 Å². The van der Waals surface area contributed by atoms with Gasteiger partial charge in [0.1, 0.15) is 84.6 Å². The van der Waals surface area contributed by atoms with Crippen LogP contribution in [-0.2, 0) is 101 Å². The van der Waals surface area contributed by atoms with E-state index in [0.29, 0.717) is 25.7 Å². The van der Waals surface area contributed by atoms with Gasteiger partial charge in [-0.3, -0.25) is 95.9 Å². The number of aliphatic carboxylic acids is 4. The van der Waals surface area contributed by atoms with Gasteiger partial charge in [-0.1, -0.05) is 96.9 Å². The van der Waals surface area contributed by atoms with Crippen molar-refractivity contribution in [3.8, 4) is 0 Å². The third kappa shape index (κ3) is 47.5. The molecule has 0 rings (SSSR count). The van der Waals surface area contributed by atoms with Gasteiger partial charge in [0.15, 0.2) is 0 Å². The summed E-state index contributed by atoms with van der Waals surface area (Å²) in [5.41, 5.74) is 17.5. The molecule has 0 aliphatic carbocycles. The number of carboxylic acid groups (broad SMARTS) is 4. The van der Waals surface area contributed by atoms with Gasteiger partial charge in [-0.25, -0.2) is 4.79 Å². The van der Waals surface area contributed by atoms with Gasteiger partial charge >= 0.3 is 23.9 Å². The van der Waals surface area contributed by atoms with E-state index < -0.39 is 310 Å². The van der Waals surface area contributed by atoms with Crippen LogP contribution in [0.4, 0.5) is 0 Å². The smallest absolute Gasteiger partial charge is 0.326 e. The van der Waals surface area contributed by atoms with Crippen molar-refractivity contribution in [3.63, 3.8) is 0 Å². The molecular weight excluding hydrogens is 1700 g/mol. The van der Waals surface area contributed by atoms with Crippen LogP contribution in [0.15, 0.2) is 0 Å². The number of aliphatic hydroxyl groups excluding tert-OH is 3. The lowest BCUT2D eigenvalue weighted by Gasteiger charge is -2.30. The minimum Gasteiger partial charge on any atom is -0.481 e. The Labute approximate surface area is 749 Å². The van der Waals surface area contributed by atoms with Gasteiger partial charge in [0, 0.05) is 12.8 Å². The molecule has 0 fully saturated rings. The van der Waals surface area contributed by atoms with Gasteiger partial charge in [-0.15, -0.1) is 0 Å². The summed E-state index contributed by atoms with van der Waals surface area (Å²) in [6, 6.07) is -23.3. The molecule has 0 aromatic rings. The van der Waals surface area contributed by atoms with E-state index in [0.717, 1.165) is 6.92 Å². The molecule has 0 bridgehead atoms. The topological polar surface area (TPSA) is 783 Å². The molecule has 0 saturated carbocycles. The Morgan fingerprint density at radius 2 is 0.558 bits per heavy atom. The molecule has 0 heterocycles. The number of aliphatic hydroxyl groups is 3. The molecule has 0 aliphatic heterocycles. The zero-order valence-electron chi connectivity index (χ0n) is 76.3. The number of carboxylic acids is 4. The molecule has 30 N–H and O–H groups in total. The Balaban J connectivity index is 6.52. The molecule has 0 saturated heterocycles. The van der Waals surface area contributed by atoms with E-state index in [4.69, 9.17) is 22.3 Å². The Morgan fingerprint density at radius 1 is 0.271 bits per heavy atom. The summed E-state index contributed by atoms with van der Waals surface area (Å²) in [6.45, 7) is 19.6. The molecule has 734 valence electrons. The molecule has 0 unspecified atom stereocenters. The normalized spacial score (nSPS) is 15.1. The first-order chi connectivity index (χ1) is 60.1. The molecule has 0 aromatic heterocycles. The average Bonchev–Trinajstić information content (AvgIpc) is 0.835. The van der Waals surface area contributed by atoms with Crippen LogP contribution < -0.4 is 108 Å². The molecule has 48 nitrogen and oxygen atoms in total. The number of hydrogen-bond acceptors (Lipinski definition) is 27. The minimum atomic E-state index is -1.93. The Hall–Kier alpha value is -11.4. The second-order valence-electron chi connectivity index (χ2n) is 34.2. The van der Waals surface area contributed by atoms with Crippen molar-refractivity contribution in [2.24, 2.45) is 58.6 Å². The van der Waals surface area contributed by atoms with Crippen molar-refractivity contribution in [1.29, 1.82) is 0 Å². The Bertz CT molecular complexity index is 3750. The SMILES string of the molecule is CC(C)C[C@H](NC(=O)[C@H](CCCCN)NC(=O)[C@H](CO)NC(=O)[C@H](CCCCN)NC(=O)[C@@H](N)CC(C)C)C(=O)NCC(=O)N[C@@H](CC(=O)O)C(=O)N[C@@H](CC(C)C)C(=O)N[C@H](C(=O)N[C@H](C(=O)N[C@H](C(=O)N[C@@H](CO)C(=O)N[C@@H](CC(C)C)C(=O)N[C@H](C(=O)NCC(=O)NCC(=O)N[C@@H](CCC(=O)O)C(=O)N[C@@H](CCC(=O)O)C(=O)O)C(C)C)C(C)C)[C@@H](C)O)C(C)C. The number of rotatable bonds is 65. The molecule has 0 aromatic carbocycles. The number of hydrogen-bond donors (Lipinski definition) is 27. The van der Waals surface area contributed by atoms with Gasteiger partial charge < -0.3 is 143 Å². The molecule has 16 atom stereocenters. The quantitative estimate of drug-likeness (QED) is 0.0252. The van der Waals surface area contributed by atoms with Crippen LogP contribution in [-0.4, -0.2) is 303 Å². The van der Waals surface area contributed by atoms with Crippen LogP contribution in [0.25, 0.3) is 0 Å². The number of carbonyl (C=O) groups excluding carboxylic acids is 17. The summed E-state index contributed by atoms with van der Waals surface area (Å²) in [5.74, 6) is -26.8. The molecule has 0 spiro atoms. The third-order valence-electron chi connectivity index (χ3n) is 19.6. The fourth-order valence-electron chi connectivity index (χ4n) is 12.6. The zero-order chi connectivity index (χ0) is 99.0. The zero-order valence-corrected chi connectivity index (χ0v) is 76.3. The predicted molar refractivity (Wildman–Crippen MR) is 462 cm³/mol. The van der Waals surface area contributed by atoms with Crippen molar-refractivity contribution < 1.29 is 136 Å². The van der Waals surface area contributed by atoms with Crippen LogP contribution in [0.1, 0.15) is 200 Å². The summed E-state index contributed by atoms with van der Waals surface area (Å²) >= 11 is 0. The fraction of sp³-hybridized carbons (Fsp3) is 0.741. The van der Waals surface area contributed by atoms with Gasteiger partial charge in [0.05, 0.1) is 51.4 Å². The van der Waals surface area contributed by atoms with Crippen LogP contribution in [0, 0.1) is 41.4 Å². The monoisotopic (exact) mass is 1840 g/mol. The highest BCUT2D eigenvalue weighted by Crippen LogP contribution is 2.16. The number of carbonyl (C=O) groups is 21. The molecule has 0 aliphatic rings. The van der Waals surface area contributed by atoms with Crippen molar-refractivity contribution in [2.75, 3.05) is 45.9 Å². The summed E-state index contributed by atoms with van der Waals surface area (Å²) < 4.78 is 0. The summed E-state index contributed by atoms with van der Waals surface area (Å²) in [6.07, 6.45) is -3.76. The molecular formula is C81H142N20O28. The lowest BCUT2D eigenvalue weighted by molar-refractivity contribution is -0.144. The van der Waals surface area contributed by atoms with Crippen LogP contribution in [0.3, 0.4) is 0 Å². The van der Waals surface area contributed by atoms with E-state index >= 15 is 0 Å². The highest BCUT2D eigenvalue weighted by molar-refractivity contribution is 6.01. The first kappa shape index (κ1) is 118. The first-order valence-corrected chi connectivity index (χ1v) is 43.1. The van der Waals surface area contributed by atoms with Crippen LogP contribution in [0.2, 0.25) is 0 Å². The highest BCUT2D eigenvalue weighted by Gasteiger charge is 2.41. The van der Waals surface area contributed by atoms with Crippen molar-refractivity contribution in [2.45, 2.75) is 297 Å². The number of nitrogens with one attached hydrogen (secondary N) is 17. The maximum absolute atomic E-state index is 14.3. The highest BCUT2D eigenvalue weighted by atomic mass is 16.4. The van der Waals surface area contributed by atoms with E-state index in [9.17, 15) is 131 Å². The average molecular weight is 1840 g/mol. The van der Waals surface area contributed by atoms with E-state index in [-0.39, 0.29) is 69.4 Å². The maximum Gasteiger partial charge on any atom is 0.326 e. The molecule has 17 amide bonds. The van der Waals surface area contributed by atoms with E-state index in [1.165, 1.54) is 41.5 Å². The van der Waals surface area contributed by atoms with Gasteiger partial charge in [-0.05, 0) is 138 Å². The maximum atomic E-state index is 14.3. The number of amides is 17. The minimum absolute atomic E-state index is 0.0430. The Morgan fingerprint density at radius 3 is 0.938 bits per heavy atom. The van der Waals surface area contributed by atoms with E-state index in [1.54, 1.807) is 41.5 Å². The first-order valence-electron chi connectivity index (χ1n) is 43.1. The molecule has 48 heteroatoms. The third-order valence-corrected chi connectivity index (χ3v) is 19.6. The van der Waals surface area contributed by atoms with E-state index in [1.807, 2.05) is 19.2 Å². The van der Waals surface area contributed by atoms with Crippen molar-refractivity contribution in [1.82, 2.24) is 90.4 Å². The summed E-state index contributed by atoms with van der Waals surface area (Å²) in [7, 11) is 0. The van der Waals surface area contributed by atoms with Gasteiger partial charge in [0.25, 0.3) is 0 Å². The molecule has 0 radical (unpaired) electrons. The van der Waals surface area contributed by atoms with Crippen LogP contribution >= 0.6 is 0 Å². The number of unbranched alkanes of at least 4 members (excludes halogenated alkanes) is 2. The standard InChI is InChI=1S/C81H142N20O28/c1-38(2)28-46(84)67(114)90-47(20-16-18-26-82)70(117)96-55(36-102)75(122)91-48(21-17-19-27-83)69(116)93-51(29-39(3)4)68(115)86-35-59(107)89-54(32-62(112)113)72(119)94-52(30-40(5)6)74(121)99-65(44(13)14)79(126)101-66(45(15)104)80(127)100-64(43(11)12)78(125)97-56(37-103)76(123)95-53(31-41(7)8)73(120)98-63(42(9)10)77(124)87-33-57(105)85-34-58(106)88-49(22-24-60(108)109)71(118)92-50(81(128)129)23-25-61(110)111/h38-56,63-66,102-104H,16-37,82-84H2,1-15H3,(H,85,105)(H,86,115)(H,87,124)(H,88,106)(H,89,107)(H,90,114)(H,91,122)(H,92,118)(H,93,116)(H,94,119)(H,95,123)(H,96,117)(H,97,125)(H,98,120)(H,99,121)(H,100,127)(H,101,126)(H,108,109)(H,110,111)(H,112,113)(H,128,129)/t45-,46+,47+,48+,49+,50+,51+,52+,53+,54+,55+,56+,63+,64+,65+,66+/m1/s1. The lowest BCUT2D eigenvalue weighted by Crippen LogP contribution is -2.63. The fourth-order valence-corrected chi connectivity index (χ4v) is 12.6. The molecule has 129 heavy (non-hydrogen) atoms. The number of nitrogens with two attached hydrogens (primary N) is 3. The van der Waals surface area contributed by atoms with E-state index in [2.05, 4.69) is 85.1 Å². The summed E-state index contributed by atoms with van der Waals surface area (Å²) in [5, 5.41) is 110. The second kappa shape index (κ2) is 61.2. The van der Waals surface area contributed by atoms with Crippen molar-refractivity contribution >= 4 is 124 Å². The van der Waals surface area contributed by atoms with Crippen LogP contribution in [0.5, 0.6) is 0 Å². The van der Waals surface area contributed by atoms with Gasteiger partial charge in [0.2, 0.25) is 100 Å².